The van der Waals surface area contributed by atoms with E-state index >= 15 is 0 Å². The molecule has 0 bridgehead atoms. The normalized spacial score (nSPS) is 11.7. The molecule has 2 aromatic carbocycles. The predicted molar refractivity (Wildman–Crippen MR) is 152 cm³/mol. The van der Waals surface area contributed by atoms with Gasteiger partial charge in [0.1, 0.15) is 0 Å². The van der Waals surface area contributed by atoms with Crippen molar-refractivity contribution in [3.05, 3.63) is 74.7 Å². The van der Waals surface area contributed by atoms with Crippen molar-refractivity contribution in [2.75, 3.05) is 0 Å². The van der Waals surface area contributed by atoms with Gasteiger partial charge in [-0.1, -0.05) is 0 Å². The molecule has 1 aromatic heterocycles. The van der Waals surface area contributed by atoms with Crippen LogP contribution in [0, 0.1) is 13.7 Å². The van der Waals surface area contributed by atoms with Gasteiger partial charge in [0.25, 0.3) is 0 Å². The summed E-state index contributed by atoms with van der Waals surface area (Å²) in [5.41, 5.74) is 8.35. The molecule has 0 unspecified atom stereocenters. The average molecular weight is 667 g/mol. The summed E-state index contributed by atoms with van der Waals surface area (Å²) in [6, 6.07) is 13.7. The number of aromatic nitrogens is 2. The third-order valence-corrected chi connectivity index (χ3v) is 8.89. The summed E-state index contributed by atoms with van der Waals surface area (Å²) in [6.07, 6.45) is 7.97. The van der Waals surface area contributed by atoms with Crippen LogP contribution in [0.25, 0.3) is 11.4 Å². The Hall–Kier alpha value is -2.05. The summed E-state index contributed by atoms with van der Waals surface area (Å²) in [4.78, 5) is 0. The van der Waals surface area contributed by atoms with Crippen molar-refractivity contribution in [1.29, 1.82) is 0 Å². The second-order valence-corrected chi connectivity index (χ2v) is 12.9. The Labute approximate surface area is 229 Å². The fourth-order valence-corrected chi connectivity index (χ4v) is 6.73. The molecule has 198 valence electrons. The molecule has 3 rings (SSSR count). The van der Waals surface area contributed by atoms with Crippen molar-refractivity contribution < 1.29 is 19.3 Å². The van der Waals surface area contributed by atoms with E-state index in [-0.39, 0.29) is 19.3 Å². The van der Waals surface area contributed by atoms with Gasteiger partial charge >= 0.3 is 230 Å². The summed E-state index contributed by atoms with van der Waals surface area (Å²) < 4.78 is 9.96. The Bertz CT molecular complexity index is 1150. The molecule has 0 spiro atoms. The number of benzene rings is 2. The van der Waals surface area contributed by atoms with Gasteiger partial charge in [0.2, 0.25) is 0 Å². The fourth-order valence-electron chi connectivity index (χ4n) is 4.69. The number of nitrogens with zero attached hydrogens (tertiary/aromatic N) is 2. The van der Waals surface area contributed by atoms with Gasteiger partial charge in [-0.05, 0) is 0 Å². The van der Waals surface area contributed by atoms with Gasteiger partial charge in [-0.2, -0.15) is 0 Å². The Kier molecular flexibility index (Phi) is 10.3. The van der Waals surface area contributed by atoms with Crippen molar-refractivity contribution in [1.82, 2.24) is 9.13 Å². The predicted octanol–water partition coefficient (Wildman–Crippen LogP) is 9.53. The quantitative estimate of drug-likeness (QED) is 0.129. The molecule has 0 radical (unpaired) electrons. The van der Waals surface area contributed by atoms with Crippen LogP contribution in [0.4, 0.5) is 0 Å². The molecule has 0 aliphatic heterocycles. The van der Waals surface area contributed by atoms with Crippen LogP contribution in [0.5, 0.6) is 0 Å². The Balaban J connectivity index is 2.44. The van der Waals surface area contributed by atoms with Crippen LogP contribution in [0.2, 0.25) is 0 Å². The van der Waals surface area contributed by atoms with Gasteiger partial charge in [-0.25, -0.2) is 0 Å². The first-order chi connectivity index (χ1) is 17.2. The van der Waals surface area contributed by atoms with E-state index in [1.54, 1.807) is 0 Å². The SMILES string of the molecule is CCCCC#[C][Au]=[c]1n(-c2c(C(C)C)cccc2C(C)C)ccn1-c1c(C(C)C)cccc1C(C)C. The second-order valence-electron chi connectivity index (χ2n) is 10.9. The number of para-hydroxylation sites is 2. The first kappa shape index (κ1) is 28.5. The van der Waals surface area contributed by atoms with Gasteiger partial charge < -0.3 is 0 Å². The Morgan fingerprint density at radius 2 is 1.06 bits per heavy atom. The zero-order valence-corrected chi connectivity index (χ0v) is 25.9. The van der Waals surface area contributed by atoms with E-state index in [4.69, 9.17) is 0 Å². The third kappa shape index (κ3) is 6.25. The van der Waals surface area contributed by atoms with Crippen LogP contribution < -0.4 is 0 Å². The summed E-state index contributed by atoms with van der Waals surface area (Å²) in [5, 5.41) is 0. The molecule has 1 heterocycles. The van der Waals surface area contributed by atoms with E-state index in [1.165, 1.54) is 50.1 Å². The van der Waals surface area contributed by atoms with Crippen molar-refractivity contribution in [2.45, 2.75) is 105 Å². The zero-order valence-electron chi connectivity index (χ0n) is 23.7. The number of hydrogen-bond acceptors (Lipinski definition) is 0. The molecular formula is C33H45AuN2. The molecular weight excluding hydrogens is 621 g/mol. The third-order valence-electron chi connectivity index (χ3n) is 6.71. The van der Waals surface area contributed by atoms with Gasteiger partial charge in [0.05, 0.1) is 0 Å². The Morgan fingerprint density at radius 3 is 1.39 bits per heavy atom. The number of imidazole rings is 1. The van der Waals surface area contributed by atoms with E-state index in [2.05, 4.69) is 130 Å². The fraction of sp³-hybridized carbons (Fsp3) is 0.485. The Morgan fingerprint density at radius 1 is 0.667 bits per heavy atom. The van der Waals surface area contributed by atoms with Crippen LogP contribution in [-0.2, 0) is 19.3 Å². The van der Waals surface area contributed by atoms with Crippen molar-refractivity contribution >= 4 is 0 Å². The van der Waals surface area contributed by atoms with Gasteiger partial charge in [-0.3, -0.25) is 0 Å². The molecule has 3 heteroatoms. The summed E-state index contributed by atoms with van der Waals surface area (Å²) in [6.45, 7) is 20.7. The molecule has 0 saturated carbocycles. The molecule has 2 nitrogen and oxygen atoms in total. The minimum atomic E-state index is -0.370. The molecule has 0 fully saturated rings. The maximum atomic E-state index is 3.64. The minimum absolute atomic E-state index is 0.370. The van der Waals surface area contributed by atoms with Crippen LogP contribution >= 0.6 is 0 Å². The van der Waals surface area contributed by atoms with Gasteiger partial charge in [0, 0.05) is 0 Å². The van der Waals surface area contributed by atoms with E-state index in [0.29, 0.717) is 23.7 Å². The molecule has 0 N–H and O–H groups in total. The summed E-state index contributed by atoms with van der Waals surface area (Å²) in [7, 11) is 0. The van der Waals surface area contributed by atoms with E-state index in [0.717, 1.165) is 6.42 Å². The van der Waals surface area contributed by atoms with E-state index < -0.39 is 0 Å². The number of hydrogen-bond donors (Lipinski definition) is 0. The van der Waals surface area contributed by atoms with Crippen LogP contribution in [0.3, 0.4) is 0 Å². The topological polar surface area (TPSA) is 9.86 Å². The first-order valence-corrected chi connectivity index (χ1v) is 15.8. The van der Waals surface area contributed by atoms with Crippen molar-refractivity contribution in [3.8, 4) is 21.4 Å². The monoisotopic (exact) mass is 666 g/mol. The molecule has 0 atom stereocenters. The average Bonchev–Trinajstić information content (AvgIpc) is 3.25. The number of unbranched alkanes of at least 4 members (excludes halogenated alkanes) is 2. The van der Waals surface area contributed by atoms with Crippen molar-refractivity contribution in [3.63, 3.8) is 0 Å². The molecule has 36 heavy (non-hydrogen) atoms. The van der Waals surface area contributed by atoms with Gasteiger partial charge in [0.15, 0.2) is 0 Å². The maximum absolute atomic E-state index is 3.64. The molecule has 0 aliphatic carbocycles. The molecule has 0 aliphatic rings. The first-order valence-electron chi connectivity index (χ1n) is 13.6. The summed E-state index contributed by atoms with van der Waals surface area (Å²) in [5.74, 6) is 5.29. The second kappa shape index (κ2) is 13.0. The molecule has 3 aromatic rings. The van der Waals surface area contributed by atoms with E-state index in [1.807, 2.05) is 0 Å². The summed E-state index contributed by atoms with van der Waals surface area (Å²) >= 11 is -0.370. The van der Waals surface area contributed by atoms with Crippen molar-refractivity contribution in [2.24, 2.45) is 0 Å². The molecule has 0 amide bonds. The zero-order chi connectivity index (χ0) is 26.4. The van der Waals surface area contributed by atoms with Crippen LogP contribution in [0.1, 0.15) is 128 Å². The number of rotatable bonds is 8. The van der Waals surface area contributed by atoms with E-state index in [9.17, 15) is 0 Å². The van der Waals surface area contributed by atoms with Gasteiger partial charge in [-0.15, -0.1) is 0 Å². The standard InChI is InChI=1S/C27H36N2.C6H9.Au/c1-18(2)22-11-9-12-23(19(3)4)26(22)28-15-16-29(17-28)27-24(20(5)6)13-10-14-25(27)21(7)8;1-3-5-6-4-2;/h9-16,18-21H,1-8H3;3,5-6H2,1H3;. The van der Waals surface area contributed by atoms with Crippen LogP contribution in [0.15, 0.2) is 48.8 Å². The van der Waals surface area contributed by atoms with Crippen LogP contribution in [-0.4, -0.2) is 9.13 Å². The molecule has 0 saturated heterocycles.